The second kappa shape index (κ2) is 5.98. The molecule has 0 radical (unpaired) electrons. The van der Waals surface area contributed by atoms with E-state index in [9.17, 15) is 10.0 Å². The first-order valence-corrected chi connectivity index (χ1v) is 9.53. The fraction of sp³-hybridized carbons (Fsp3) is 0. The lowest BCUT2D eigenvalue weighted by Crippen LogP contribution is -2.31. The standard InChI is InChI=1S/C24H16BNO3/c27-25(28)20-11-6-10-17-18-13-14-19-16-9-4-5-12-21(16)29-24(19)23(18)26(22(17)20)15-7-2-1-3-8-15/h1-14,27-28H. The van der Waals surface area contributed by atoms with Crippen LogP contribution < -0.4 is 5.46 Å². The van der Waals surface area contributed by atoms with Gasteiger partial charge in [0.25, 0.3) is 0 Å². The lowest BCUT2D eigenvalue weighted by molar-refractivity contribution is 0.426. The second-order valence-electron chi connectivity index (χ2n) is 7.22. The van der Waals surface area contributed by atoms with E-state index < -0.39 is 7.12 Å². The highest BCUT2D eigenvalue weighted by atomic mass is 16.4. The normalized spacial score (nSPS) is 11.8. The summed E-state index contributed by atoms with van der Waals surface area (Å²) in [7, 11) is -1.57. The lowest BCUT2D eigenvalue weighted by Gasteiger charge is -2.11. The van der Waals surface area contributed by atoms with Crippen molar-refractivity contribution in [2.24, 2.45) is 0 Å². The number of rotatable bonds is 2. The monoisotopic (exact) mass is 377 g/mol. The van der Waals surface area contributed by atoms with Gasteiger partial charge in [0.1, 0.15) is 5.58 Å². The van der Waals surface area contributed by atoms with Crippen molar-refractivity contribution in [2.45, 2.75) is 0 Å². The molecule has 0 bridgehead atoms. The Bertz CT molecular complexity index is 1530. The van der Waals surface area contributed by atoms with E-state index in [4.69, 9.17) is 4.42 Å². The van der Waals surface area contributed by atoms with Crippen LogP contribution in [0.25, 0.3) is 49.4 Å². The molecule has 6 rings (SSSR count). The summed E-state index contributed by atoms with van der Waals surface area (Å²) in [6.45, 7) is 0. The summed E-state index contributed by atoms with van der Waals surface area (Å²) >= 11 is 0. The van der Waals surface area contributed by atoms with E-state index in [0.29, 0.717) is 5.46 Å². The summed E-state index contributed by atoms with van der Waals surface area (Å²) in [5, 5.41) is 24.2. The molecule has 0 aliphatic heterocycles. The van der Waals surface area contributed by atoms with E-state index in [1.165, 1.54) is 0 Å². The van der Waals surface area contributed by atoms with E-state index in [1.54, 1.807) is 6.07 Å². The Balaban J connectivity index is 1.92. The zero-order valence-electron chi connectivity index (χ0n) is 15.4. The Hall–Kier alpha value is -3.54. The van der Waals surface area contributed by atoms with Crippen LogP contribution in [0.4, 0.5) is 0 Å². The number of hydrogen-bond acceptors (Lipinski definition) is 3. The first-order chi connectivity index (χ1) is 14.2. The van der Waals surface area contributed by atoms with Gasteiger partial charge in [-0.3, -0.25) is 0 Å². The highest BCUT2D eigenvalue weighted by Gasteiger charge is 2.24. The van der Waals surface area contributed by atoms with E-state index in [2.05, 4.69) is 22.8 Å². The third-order valence-corrected chi connectivity index (χ3v) is 5.62. The summed E-state index contributed by atoms with van der Waals surface area (Å²) in [5.41, 5.74) is 4.73. The van der Waals surface area contributed by atoms with Gasteiger partial charge in [-0.05, 0) is 24.3 Å². The van der Waals surface area contributed by atoms with E-state index in [0.717, 1.165) is 49.4 Å². The Kier molecular flexibility index (Phi) is 3.39. The van der Waals surface area contributed by atoms with Crippen LogP contribution in [-0.4, -0.2) is 21.7 Å². The molecule has 5 heteroatoms. The molecular formula is C24H16BNO3. The van der Waals surface area contributed by atoms with Crippen LogP contribution in [-0.2, 0) is 0 Å². The molecule has 0 spiro atoms. The maximum absolute atomic E-state index is 10.1. The van der Waals surface area contributed by atoms with Crippen LogP contribution in [0.15, 0.2) is 89.3 Å². The van der Waals surface area contributed by atoms with Crippen LogP contribution in [0.3, 0.4) is 0 Å². The first-order valence-electron chi connectivity index (χ1n) is 9.53. The molecular weight excluding hydrogens is 361 g/mol. The Labute approximate surface area is 166 Å². The first kappa shape index (κ1) is 16.4. The molecule has 6 aromatic rings. The van der Waals surface area contributed by atoms with Gasteiger partial charge >= 0.3 is 7.12 Å². The average Bonchev–Trinajstić information content (AvgIpc) is 3.30. The quantitative estimate of drug-likeness (QED) is 0.441. The minimum absolute atomic E-state index is 0.465. The molecule has 0 amide bonds. The molecule has 0 saturated carbocycles. The number of nitrogens with zero attached hydrogens (tertiary/aromatic N) is 1. The number of benzene rings is 4. The SMILES string of the molecule is OB(O)c1cccc2c3ccc4c5ccccc5oc4c3n(-c3ccccc3)c12. The molecule has 4 nitrogen and oxygen atoms in total. The third-order valence-electron chi connectivity index (χ3n) is 5.62. The smallest absolute Gasteiger partial charge is 0.454 e. The van der Waals surface area contributed by atoms with Crippen molar-refractivity contribution in [3.63, 3.8) is 0 Å². The molecule has 29 heavy (non-hydrogen) atoms. The Morgan fingerprint density at radius 3 is 2.14 bits per heavy atom. The van der Waals surface area contributed by atoms with Crippen LogP contribution in [0.2, 0.25) is 0 Å². The van der Waals surface area contributed by atoms with Crippen molar-refractivity contribution in [3.8, 4) is 5.69 Å². The minimum atomic E-state index is -1.57. The largest absolute Gasteiger partial charge is 0.490 e. The van der Waals surface area contributed by atoms with Gasteiger partial charge in [-0.15, -0.1) is 0 Å². The summed E-state index contributed by atoms with van der Waals surface area (Å²) in [6.07, 6.45) is 0. The van der Waals surface area contributed by atoms with Gasteiger partial charge in [0, 0.05) is 32.7 Å². The van der Waals surface area contributed by atoms with Crippen molar-refractivity contribution in [1.82, 2.24) is 4.57 Å². The maximum atomic E-state index is 10.1. The summed E-state index contributed by atoms with van der Waals surface area (Å²) < 4.78 is 8.39. The molecule has 0 aliphatic rings. The summed E-state index contributed by atoms with van der Waals surface area (Å²) in [5.74, 6) is 0. The fourth-order valence-electron chi connectivity index (χ4n) is 4.40. The number of furan rings is 1. The Morgan fingerprint density at radius 2 is 1.31 bits per heavy atom. The minimum Gasteiger partial charge on any atom is -0.454 e. The molecule has 0 atom stereocenters. The van der Waals surface area contributed by atoms with Gasteiger partial charge in [0.15, 0.2) is 5.58 Å². The molecule has 2 heterocycles. The van der Waals surface area contributed by atoms with Gasteiger partial charge in [-0.25, -0.2) is 0 Å². The molecule has 2 aromatic heterocycles. The van der Waals surface area contributed by atoms with E-state index in [1.807, 2.05) is 60.7 Å². The highest BCUT2D eigenvalue weighted by molar-refractivity contribution is 6.62. The highest BCUT2D eigenvalue weighted by Crippen LogP contribution is 2.39. The average molecular weight is 377 g/mol. The predicted molar refractivity (Wildman–Crippen MR) is 118 cm³/mol. The maximum Gasteiger partial charge on any atom is 0.490 e. The molecule has 2 N–H and O–H groups in total. The van der Waals surface area contributed by atoms with Crippen LogP contribution >= 0.6 is 0 Å². The summed E-state index contributed by atoms with van der Waals surface area (Å²) in [4.78, 5) is 0. The van der Waals surface area contributed by atoms with Crippen LogP contribution in [0, 0.1) is 0 Å². The van der Waals surface area contributed by atoms with Crippen molar-refractivity contribution in [1.29, 1.82) is 0 Å². The van der Waals surface area contributed by atoms with Crippen molar-refractivity contribution in [3.05, 3.63) is 84.9 Å². The van der Waals surface area contributed by atoms with Crippen LogP contribution in [0.5, 0.6) is 0 Å². The molecule has 138 valence electrons. The van der Waals surface area contributed by atoms with Gasteiger partial charge in [-0.2, -0.15) is 0 Å². The van der Waals surface area contributed by atoms with Gasteiger partial charge in [0.2, 0.25) is 0 Å². The van der Waals surface area contributed by atoms with Crippen molar-refractivity contribution in [2.75, 3.05) is 0 Å². The van der Waals surface area contributed by atoms with Gasteiger partial charge < -0.3 is 19.0 Å². The third kappa shape index (κ3) is 2.23. The zero-order valence-corrected chi connectivity index (χ0v) is 15.4. The number of hydrogen-bond donors (Lipinski definition) is 2. The topological polar surface area (TPSA) is 58.5 Å². The number of para-hydroxylation sites is 3. The number of fused-ring (bicyclic) bond motifs is 7. The van der Waals surface area contributed by atoms with E-state index >= 15 is 0 Å². The molecule has 0 saturated heterocycles. The molecule has 0 fully saturated rings. The van der Waals surface area contributed by atoms with Crippen molar-refractivity contribution >= 4 is 56.3 Å². The lowest BCUT2D eigenvalue weighted by atomic mass is 9.79. The van der Waals surface area contributed by atoms with E-state index in [-0.39, 0.29) is 0 Å². The fourth-order valence-corrected chi connectivity index (χ4v) is 4.40. The second-order valence-corrected chi connectivity index (χ2v) is 7.22. The zero-order chi connectivity index (χ0) is 19.5. The van der Waals surface area contributed by atoms with Gasteiger partial charge in [-0.1, -0.05) is 60.7 Å². The predicted octanol–water partition coefficient (Wildman–Crippen LogP) is 4.36. The number of aromatic nitrogens is 1. The molecule has 0 unspecified atom stereocenters. The van der Waals surface area contributed by atoms with Crippen molar-refractivity contribution < 1.29 is 14.5 Å². The summed E-state index contributed by atoms with van der Waals surface area (Å²) in [6, 6.07) is 27.8. The Morgan fingerprint density at radius 1 is 0.621 bits per heavy atom. The van der Waals surface area contributed by atoms with Gasteiger partial charge in [0.05, 0.1) is 11.0 Å². The molecule has 0 aliphatic carbocycles. The van der Waals surface area contributed by atoms with Crippen LogP contribution in [0.1, 0.15) is 0 Å². The molecule has 4 aromatic carbocycles.